The van der Waals surface area contributed by atoms with E-state index in [-0.39, 0.29) is 30.7 Å². The zero-order chi connectivity index (χ0) is 17.8. The third kappa shape index (κ3) is 4.06. The molecule has 2 heterocycles. The van der Waals surface area contributed by atoms with Crippen LogP contribution in [0.1, 0.15) is 29.3 Å². The molecule has 0 fully saturated rings. The highest BCUT2D eigenvalue weighted by Crippen LogP contribution is 2.30. The Bertz CT molecular complexity index is 802. The van der Waals surface area contributed by atoms with Crippen LogP contribution in [0.3, 0.4) is 0 Å². The molecule has 1 aromatic carbocycles. The van der Waals surface area contributed by atoms with E-state index in [9.17, 15) is 14.4 Å². The quantitative estimate of drug-likeness (QED) is 0.863. The van der Waals surface area contributed by atoms with Gasteiger partial charge in [0.05, 0.1) is 0 Å². The van der Waals surface area contributed by atoms with Gasteiger partial charge in [0.1, 0.15) is 0 Å². The van der Waals surface area contributed by atoms with Crippen LogP contribution in [0.25, 0.3) is 0 Å². The molecule has 1 aromatic heterocycles. The van der Waals surface area contributed by atoms with Gasteiger partial charge in [-0.2, -0.15) is 11.3 Å². The molecule has 0 radical (unpaired) electrons. The maximum atomic E-state index is 12.0. The summed E-state index contributed by atoms with van der Waals surface area (Å²) in [5.74, 6) is -0.306. The van der Waals surface area contributed by atoms with Gasteiger partial charge in [0, 0.05) is 48.8 Å². The molecule has 7 heteroatoms. The number of benzene rings is 1. The number of rotatable bonds is 5. The zero-order valence-electron chi connectivity index (χ0n) is 13.9. The van der Waals surface area contributed by atoms with Crippen LogP contribution >= 0.6 is 11.3 Å². The molecule has 0 saturated carbocycles. The highest BCUT2D eigenvalue weighted by molar-refractivity contribution is 7.08. The van der Waals surface area contributed by atoms with E-state index < -0.39 is 0 Å². The SMILES string of the molecule is CC(=O)N1CCc2cc(NC(=O)CCNC(=O)c3ccsc3)ccc21. The second kappa shape index (κ2) is 7.48. The first-order chi connectivity index (χ1) is 12.0. The molecule has 130 valence electrons. The Kier molecular flexibility index (Phi) is 5.14. The lowest BCUT2D eigenvalue weighted by Crippen LogP contribution is -2.27. The smallest absolute Gasteiger partial charge is 0.252 e. The van der Waals surface area contributed by atoms with E-state index in [0.717, 1.165) is 17.7 Å². The fourth-order valence-electron chi connectivity index (χ4n) is 2.82. The number of hydrogen-bond donors (Lipinski definition) is 2. The number of nitrogens with zero attached hydrogens (tertiary/aromatic N) is 1. The Morgan fingerprint density at radius 1 is 1.24 bits per heavy atom. The molecule has 1 aliphatic rings. The Hall–Kier alpha value is -2.67. The Balaban J connectivity index is 1.50. The zero-order valence-corrected chi connectivity index (χ0v) is 14.7. The monoisotopic (exact) mass is 357 g/mol. The summed E-state index contributed by atoms with van der Waals surface area (Å²) in [6.45, 7) is 2.51. The number of amides is 3. The van der Waals surface area contributed by atoms with Gasteiger partial charge in [-0.15, -0.1) is 0 Å². The average molecular weight is 357 g/mol. The van der Waals surface area contributed by atoms with Gasteiger partial charge in [-0.25, -0.2) is 0 Å². The van der Waals surface area contributed by atoms with E-state index in [4.69, 9.17) is 0 Å². The van der Waals surface area contributed by atoms with Crippen molar-refractivity contribution in [1.29, 1.82) is 0 Å². The van der Waals surface area contributed by atoms with E-state index >= 15 is 0 Å². The lowest BCUT2D eigenvalue weighted by atomic mass is 10.1. The molecule has 0 saturated heterocycles. The molecule has 0 bridgehead atoms. The third-order valence-electron chi connectivity index (χ3n) is 4.06. The molecular formula is C18H19N3O3S. The minimum absolute atomic E-state index is 0.0249. The Morgan fingerprint density at radius 2 is 2.08 bits per heavy atom. The first-order valence-electron chi connectivity index (χ1n) is 8.06. The van der Waals surface area contributed by atoms with Crippen molar-refractivity contribution < 1.29 is 14.4 Å². The number of thiophene rings is 1. The lowest BCUT2D eigenvalue weighted by Gasteiger charge is -2.15. The first kappa shape index (κ1) is 17.2. The van der Waals surface area contributed by atoms with Gasteiger partial charge in [-0.05, 0) is 41.6 Å². The van der Waals surface area contributed by atoms with Crippen LogP contribution in [0.2, 0.25) is 0 Å². The van der Waals surface area contributed by atoms with Crippen LogP contribution in [0, 0.1) is 0 Å². The largest absolute Gasteiger partial charge is 0.351 e. The molecular weight excluding hydrogens is 338 g/mol. The molecule has 0 spiro atoms. The standard InChI is InChI=1S/C18H19N3O3S/c1-12(22)21-8-5-13-10-15(2-3-16(13)21)20-17(23)4-7-19-18(24)14-6-9-25-11-14/h2-3,6,9-11H,4-5,7-8H2,1H3,(H,19,24)(H,20,23). The molecule has 3 rings (SSSR count). The summed E-state index contributed by atoms with van der Waals surface area (Å²) in [5, 5.41) is 9.16. The van der Waals surface area contributed by atoms with Gasteiger partial charge in [0.2, 0.25) is 11.8 Å². The Labute approximate surface area is 149 Å². The number of fused-ring (bicyclic) bond motifs is 1. The van der Waals surface area contributed by atoms with Gasteiger partial charge in [-0.1, -0.05) is 0 Å². The van der Waals surface area contributed by atoms with Crippen molar-refractivity contribution in [1.82, 2.24) is 5.32 Å². The summed E-state index contributed by atoms with van der Waals surface area (Å²) >= 11 is 1.46. The van der Waals surface area contributed by atoms with Gasteiger partial charge in [0.15, 0.2) is 0 Å². The predicted octanol–water partition coefficient (Wildman–Crippen LogP) is 2.42. The molecule has 2 N–H and O–H groups in total. The molecule has 1 aliphatic heterocycles. The van der Waals surface area contributed by atoms with Crippen LogP contribution in [-0.2, 0) is 16.0 Å². The van der Waals surface area contributed by atoms with Gasteiger partial charge >= 0.3 is 0 Å². The van der Waals surface area contributed by atoms with E-state index in [1.54, 1.807) is 29.3 Å². The summed E-state index contributed by atoms with van der Waals surface area (Å²) in [7, 11) is 0. The number of carbonyl (C=O) groups is 3. The van der Waals surface area contributed by atoms with Crippen molar-refractivity contribution in [2.75, 3.05) is 23.3 Å². The van der Waals surface area contributed by atoms with Gasteiger partial charge in [-0.3, -0.25) is 14.4 Å². The summed E-state index contributed by atoms with van der Waals surface area (Å²) < 4.78 is 0. The van der Waals surface area contributed by atoms with Crippen molar-refractivity contribution >= 4 is 40.4 Å². The molecule has 2 aromatic rings. The minimum Gasteiger partial charge on any atom is -0.351 e. The van der Waals surface area contributed by atoms with Crippen LogP contribution in [0.15, 0.2) is 35.0 Å². The summed E-state index contributed by atoms with van der Waals surface area (Å²) in [4.78, 5) is 37.1. The maximum Gasteiger partial charge on any atom is 0.252 e. The van der Waals surface area contributed by atoms with E-state index in [2.05, 4.69) is 10.6 Å². The third-order valence-corrected chi connectivity index (χ3v) is 4.74. The van der Waals surface area contributed by atoms with Crippen LogP contribution in [0.4, 0.5) is 11.4 Å². The summed E-state index contributed by atoms with van der Waals surface area (Å²) in [6.07, 6.45) is 0.988. The summed E-state index contributed by atoms with van der Waals surface area (Å²) in [6, 6.07) is 7.30. The molecule has 6 nitrogen and oxygen atoms in total. The second-order valence-corrected chi connectivity index (χ2v) is 6.61. The molecule has 3 amide bonds. The van der Waals surface area contributed by atoms with Crippen molar-refractivity contribution in [2.24, 2.45) is 0 Å². The number of anilines is 2. The highest BCUT2D eigenvalue weighted by atomic mass is 32.1. The van der Waals surface area contributed by atoms with Gasteiger partial charge < -0.3 is 15.5 Å². The van der Waals surface area contributed by atoms with Crippen molar-refractivity contribution in [3.63, 3.8) is 0 Å². The van der Waals surface area contributed by atoms with Crippen molar-refractivity contribution in [3.05, 3.63) is 46.2 Å². The number of hydrogen-bond acceptors (Lipinski definition) is 4. The topological polar surface area (TPSA) is 78.5 Å². The normalized spacial score (nSPS) is 12.6. The molecule has 0 atom stereocenters. The van der Waals surface area contributed by atoms with Crippen LogP contribution in [-0.4, -0.2) is 30.8 Å². The van der Waals surface area contributed by atoms with Crippen molar-refractivity contribution in [2.45, 2.75) is 19.8 Å². The minimum atomic E-state index is -0.170. The second-order valence-electron chi connectivity index (χ2n) is 5.83. The van der Waals surface area contributed by atoms with E-state index in [1.807, 2.05) is 17.5 Å². The number of nitrogens with one attached hydrogen (secondary N) is 2. The van der Waals surface area contributed by atoms with Gasteiger partial charge in [0.25, 0.3) is 5.91 Å². The van der Waals surface area contributed by atoms with Crippen molar-refractivity contribution in [3.8, 4) is 0 Å². The molecule has 0 aliphatic carbocycles. The molecule has 0 unspecified atom stereocenters. The fourth-order valence-corrected chi connectivity index (χ4v) is 3.45. The lowest BCUT2D eigenvalue weighted by molar-refractivity contribution is -0.117. The molecule has 25 heavy (non-hydrogen) atoms. The maximum absolute atomic E-state index is 12.0. The first-order valence-corrected chi connectivity index (χ1v) is 9.00. The predicted molar refractivity (Wildman–Crippen MR) is 98.1 cm³/mol. The van der Waals surface area contributed by atoms with E-state index in [1.165, 1.54) is 11.3 Å². The summed E-state index contributed by atoms with van der Waals surface area (Å²) in [5.41, 5.74) is 3.28. The Morgan fingerprint density at radius 3 is 2.80 bits per heavy atom. The fraction of sp³-hybridized carbons (Fsp3) is 0.278. The number of carbonyl (C=O) groups excluding carboxylic acids is 3. The van der Waals surface area contributed by atoms with Crippen LogP contribution in [0.5, 0.6) is 0 Å². The van der Waals surface area contributed by atoms with Crippen LogP contribution < -0.4 is 15.5 Å². The average Bonchev–Trinajstić information content (AvgIpc) is 3.24. The highest BCUT2D eigenvalue weighted by Gasteiger charge is 2.22. The van der Waals surface area contributed by atoms with E-state index in [0.29, 0.717) is 17.8 Å².